The van der Waals surface area contributed by atoms with Crippen LogP contribution >= 0.6 is 0 Å². The Kier molecular flexibility index (Phi) is 3.33. The number of hydrogen-bond donors (Lipinski definition) is 1. The van der Waals surface area contributed by atoms with Gasteiger partial charge in [-0.05, 0) is 37.5 Å². The second kappa shape index (κ2) is 4.99. The fourth-order valence-electron chi connectivity index (χ4n) is 3.58. The summed E-state index contributed by atoms with van der Waals surface area (Å²) in [7, 11) is 0. The molecule has 4 heteroatoms. The number of likely N-dealkylation sites (tertiary alicyclic amines) is 1. The molecule has 1 spiro atoms. The van der Waals surface area contributed by atoms with Crippen molar-refractivity contribution in [2.75, 3.05) is 19.6 Å². The van der Waals surface area contributed by atoms with Crippen LogP contribution in [0.2, 0.25) is 0 Å². The lowest BCUT2D eigenvalue weighted by molar-refractivity contribution is -0.138. The first-order chi connectivity index (χ1) is 9.19. The Labute approximate surface area is 114 Å². The molecular weight excluding hydrogens is 240 g/mol. The largest absolute Gasteiger partial charge is 0.356 e. The zero-order valence-corrected chi connectivity index (χ0v) is 11.4. The van der Waals surface area contributed by atoms with Crippen LogP contribution in [0.4, 0.5) is 0 Å². The predicted molar refractivity (Wildman–Crippen MR) is 72.4 cm³/mol. The van der Waals surface area contributed by atoms with Gasteiger partial charge in [0.25, 0.3) is 0 Å². The van der Waals surface area contributed by atoms with Crippen molar-refractivity contribution in [3.8, 4) is 0 Å². The maximum Gasteiger partial charge on any atom is 0.226 e. The number of nitrogens with one attached hydrogen (secondary N) is 1. The summed E-state index contributed by atoms with van der Waals surface area (Å²) >= 11 is 0. The van der Waals surface area contributed by atoms with Gasteiger partial charge in [-0.1, -0.05) is 12.2 Å². The van der Waals surface area contributed by atoms with Crippen molar-refractivity contribution >= 4 is 11.8 Å². The average molecular weight is 262 g/mol. The number of carbonyl (C=O) groups is 2. The molecule has 104 valence electrons. The molecule has 3 rings (SSSR count). The molecule has 1 atom stereocenters. The number of amides is 2. The highest BCUT2D eigenvalue weighted by Crippen LogP contribution is 2.38. The topological polar surface area (TPSA) is 49.4 Å². The van der Waals surface area contributed by atoms with E-state index in [1.54, 1.807) is 0 Å². The van der Waals surface area contributed by atoms with Gasteiger partial charge in [0.15, 0.2) is 0 Å². The first-order valence-corrected chi connectivity index (χ1v) is 7.39. The summed E-state index contributed by atoms with van der Waals surface area (Å²) in [5, 5.41) is 2.94. The second-order valence-electron chi connectivity index (χ2n) is 6.26. The number of allylic oxidation sites excluding steroid dienone is 2. The zero-order valence-electron chi connectivity index (χ0n) is 11.4. The van der Waals surface area contributed by atoms with E-state index in [1.165, 1.54) is 0 Å². The summed E-state index contributed by atoms with van der Waals surface area (Å²) in [5.74, 6) is 0.705. The number of rotatable bonds is 1. The molecule has 0 bridgehead atoms. The van der Waals surface area contributed by atoms with Crippen molar-refractivity contribution < 1.29 is 9.59 Å². The fourth-order valence-corrected chi connectivity index (χ4v) is 3.58. The lowest BCUT2D eigenvalue weighted by Gasteiger charge is -2.39. The van der Waals surface area contributed by atoms with Crippen LogP contribution in [0, 0.1) is 11.3 Å². The summed E-state index contributed by atoms with van der Waals surface area (Å²) in [4.78, 5) is 25.8. The van der Waals surface area contributed by atoms with Gasteiger partial charge >= 0.3 is 0 Å². The predicted octanol–water partition coefficient (Wildman–Crippen LogP) is 1.47. The highest BCUT2D eigenvalue weighted by molar-refractivity contribution is 5.80. The molecule has 0 aromatic carbocycles. The molecular formula is C15H22N2O2. The van der Waals surface area contributed by atoms with Crippen LogP contribution in [-0.4, -0.2) is 36.3 Å². The van der Waals surface area contributed by atoms with Gasteiger partial charge in [0.1, 0.15) is 0 Å². The number of nitrogens with zero attached hydrogens (tertiary/aromatic N) is 1. The van der Waals surface area contributed by atoms with E-state index in [0.29, 0.717) is 12.3 Å². The number of hydrogen-bond acceptors (Lipinski definition) is 2. The number of carbonyl (C=O) groups excluding carboxylic acids is 2. The van der Waals surface area contributed by atoms with Gasteiger partial charge in [0.2, 0.25) is 11.8 Å². The van der Waals surface area contributed by atoms with E-state index >= 15 is 0 Å². The molecule has 0 aromatic rings. The van der Waals surface area contributed by atoms with E-state index in [2.05, 4.69) is 17.5 Å². The van der Waals surface area contributed by atoms with E-state index in [-0.39, 0.29) is 17.2 Å². The average Bonchev–Trinajstić information content (AvgIpc) is 2.81. The standard InChI is InChI=1S/C15H22N2O2/c18-13-10-15(11-16-13)6-8-17(9-7-15)14(19)12-4-2-1-3-5-12/h1-2,12H,3-11H2,(H,16,18). The van der Waals surface area contributed by atoms with E-state index < -0.39 is 0 Å². The van der Waals surface area contributed by atoms with Crippen molar-refractivity contribution in [2.24, 2.45) is 11.3 Å². The molecule has 1 aliphatic carbocycles. The highest BCUT2D eigenvalue weighted by Gasteiger charge is 2.42. The molecule has 2 heterocycles. The van der Waals surface area contributed by atoms with Crippen LogP contribution < -0.4 is 5.32 Å². The van der Waals surface area contributed by atoms with Crippen molar-refractivity contribution in [1.29, 1.82) is 0 Å². The van der Waals surface area contributed by atoms with E-state index in [4.69, 9.17) is 0 Å². The molecule has 1 unspecified atom stereocenters. The molecule has 4 nitrogen and oxygen atoms in total. The minimum atomic E-state index is 0.139. The molecule has 19 heavy (non-hydrogen) atoms. The first kappa shape index (κ1) is 12.7. The van der Waals surface area contributed by atoms with E-state index in [9.17, 15) is 9.59 Å². The van der Waals surface area contributed by atoms with Crippen LogP contribution in [0.5, 0.6) is 0 Å². The molecule has 2 fully saturated rings. The first-order valence-electron chi connectivity index (χ1n) is 7.39. The third-order valence-electron chi connectivity index (χ3n) is 4.95. The fraction of sp³-hybridized carbons (Fsp3) is 0.733. The van der Waals surface area contributed by atoms with Gasteiger partial charge in [0, 0.05) is 32.0 Å². The maximum atomic E-state index is 12.4. The maximum absolute atomic E-state index is 12.4. The summed E-state index contributed by atoms with van der Waals surface area (Å²) < 4.78 is 0. The van der Waals surface area contributed by atoms with Gasteiger partial charge in [0.05, 0.1) is 0 Å². The van der Waals surface area contributed by atoms with Crippen molar-refractivity contribution in [1.82, 2.24) is 10.2 Å². The third-order valence-corrected chi connectivity index (χ3v) is 4.95. The summed E-state index contributed by atoms with van der Waals surface area (Å²) in [5.41, 5.74) is 0.139. The van der Waals surface area contributed by atoms with E-state index in [0.717, 1.165) is 51.7 Å². The quantitative estimate of drug-likeness (QED) is 0.728. The molecule has 2 saturated heterocycles. The van der Waals surface area contributed by atoms with E-state index in [1.807, 2.05) is 4.90 Å². The van der Waals surface area contributed by atoms with Gasteiger partial charge in [-0.25, -0.2) is 0 Å². The van der Waals surface area contributed by atoms with Crippen molar-refractivity contribution in [3.63, 3.8) is 0 Å². The molecule has 1 N–H and O–H groups in total. The Morgan fingerprint density at radius 1 is 1.32 bits per heavy atom. The molecule has 2 aliphatic heterocycles. The normalized spacial score (nSPS) is 29.6. The minimum absolute atomic E-state index is 0.139. The van der Waals surface area contributed by atoms with Crippen LogP contribution in [0.15, 0.2) is 12.2 Å². The number of piperidine rings is 1. The van der Waals surface area contributed by atoms with Gasteiger partial charge in [-0.15, -0.1) is 0 Å². The molecule has 0 aromatic heterocycles. The molecule has 0 radical (unpaired) electrons. The smallest absolute Gasteiger partial charge is 0.226 e. The summed E-state index contributed by atoms with van der Waals surface area (Å²) in [6, 6.07) is 0. The third kappa shape index (κ3) is 2.53. The van der Waals surface area contributed by atoms with Crippen molar-refractivity contribution in [3.05, 3.63) is 12.2 Å². The Morgan fingerprint density at radius 3 is 2.68 bits per heavy atom. The minimum Gasteiger partial charge on any atom is -0.356 e. The lowest BCUT2D eigenvalue weighted by Crippen LogP contribution is -2.46. The van der Waals surface area contributed by atoms with Crippen LogP contribution in [0.1, 0.15) is 38.5 Å². The Morgan fingerprint density at radius 2 is 2.11 bits per heavy atom. The Balaban J connectivity index is 1.56. The van der Waals surface area contributed by atoms with Crippen LogP contribution in [0.3, 0.4) is 0 Å². The molecule has 0 saturated carbocycles. The highest BCUT2D eigenvalue weighted by atomic mass is 16.2. The van der Waals surface area contributed by atoms with Crippen LogP contribution in [0.25, 0.3) is 0 Å². The SMILES string of the molecule is O=C1CC2(CCN(C(=O)C3CC=CCC3)CC2)CN1. The summed E-state index contributed by atoms with van der Waals surface area (Å²) in [6.07, 6.45) is 9.84. The lowest BCUT2D eigenvalue weighted by atomic mass is 9.77. The monoisotopic (exact) mass is 262 g/mol. The van der Waals surface area contributed by atoms with Gasteiger partial charge < -0.3 is 10.2 Å². The summed E-state index contributed by atoms with van der Waals surface area (Å²) in [6.45, 7) is 2.46. The van der Waals surface area contributed by atoms with Gasteiger partial charge in [-0.2, -0.15) is 0 Å². The van der Waals surface area contributed by atoms with Gasteiger partial charge in [-0.3, -0.25) is 9.59 Å². The molecule has 3 aliphatic rings. The van der Waals surface area contributed by atoms with Crippen LogP contribution in [-0.2, 0) is 9.59 Å². The Bertz CT molecular complexity index is 408. The Hall–Kier alpha value is -1.32. The zero-order chi connectivity index (χ0) is 13.3. The second-order valence-corrected chi connectivity index (χ2v) is 6.26. The molecule has 2 amide bonds. The van der Waals surface area contributed by atoms with Crippen molar-refractivity contribution in [2.45, 2.75) is 38.5 Å².